The van der Waals surface area contributed by atoms with E-state index < -0.39 is 4.92 Å². The van der Waals surface area contributed by atoms with Gasteiger partial charge in [-0.2, -0.15) is 0 Å². The highest BCUT2D eigenvalue weighted by atomic mass is 35.5. The second-order valence-corrected chi connectivity index (χ2v) is 4.93. The molecule has 5 nitrogen and oxygen atoms in total. The molecule has 1 aromatic rings. The van der Waals surface area contributed by atoms with Gasteiger partial charge in [-0.05, 0) is 24.8 Å². The van der Waals surface area contributed by atoms with E-state index in [4.69, 9.17) is 11.6 Å². The molecule has 0 aromatic heterocycles. The van der Waals surface area contributed by atoms with Crippen LogP contribution in [0.15, 0.2) is 18.2 Å². The fourth-order valence-electron chi connectivity index (χ4n) is 1.62. The Balaban J connectivity index is 2.76. The Labute approximate surface area is 117 Å². The first-order chi connectivity index (χ1) is 8.95. The van der Waals surface area contributed by atoms with Gasteiger partial charge in [0.05, 0.1) is 4.92 Å². The summed E-state index contributed by atoms with van der Waals surface area (Å²) in [6.45, 7) is 4.25. The van der Waals surface area contributed by atoms with Crippen LogP contribution in [0.25, 0.3) is 0 Å². The number of hydrogen-bond acceptors (Lipinski definition) is 3. The van der Waals surface area contributed by atoms with Crippen molar-refractivity contribution in [2.24, 2.45) is 5.92 Å². The van der Waals surface area contributed by atoms with Crippen molar-refractivity contribution in [1.82, 2.24) is 5.32 Å². The Kier molecular flexibility index (Phi) is 5.76. The summed E-state index contributed by atoms with van der Waals surface area (Å²) in [7, 11) is 0. The van der Waals surface area contributed by atoms with Crippen LogP contribution < -0.4 is 5.32 Å². The molecule has 6 heteroatoms. The van der Waals surface area contributed by atoms with E-state index in [1.54, 1.807) is 13.0 Å². The van der Waals surface area contributed by atoms with Gasteiger partial charge in [0.25, 0.3) is 11.6 Å². The molecule has 0 aliphatic carbocycles. The van der Waals surface area contributed by atoms with Gasteiger partial charge in [0.1, 0.15) is 0 Å². The average molecular weight is 285 g/mol. The lowest BCUT2D eigenvalue weighted by atomic mass is 10.1. The normalized spacial score (nSPS) is 11.9. The maximum atomic E-state index is 12.0. The van der Waals surface area contributed by atoms with E-state index in [2.05, 4.69) is 5.32 Å². The summed E-state index contributed by atoms with van der Waals surface area (Å²) in [4.78, 5) is 22.2. The molecular formula is C13H17ClN2O3. The maximum absolute atomic E-state index is 12.0. The summed E-state index contributed by atoms with van der Waals surface area (Å²) >= 11 is 5.62. The van der Waals surface area contributed by atoms with Gasteiger partial charge in [-0.25, -0.2) is 0 Å². The highest BCUT2D eigenvalue weighted by Crippen LogP contribution is 2.17. The topological polar surface area (TPSA) is 72.2 Å². The lowest BCUT2D eigenvalue weighted by molar-refractivity contribution is -0.384. The van der Waals surface area contributed by atoms with Crippen LogP contribution in [0, 0.1) is 23.0 Å². The minimum atomic E-state index is -0.508. The lowest BCUT2D eigenvalue weighted by Gasteiger charge is -2.12. The molecule has 104 valence electrons. The zero-order chi connectivity index (χ0) is 14.4. The van der Waals surface area contributed by atoms with Gasteiger partial charge >= 0.3 is 0 Å². The summed E-state index contributed by atoms with van der Waals surface area (Å²) in [5.41, 5.74) is 0.977. The van der Waals surface area contributed by atoms with E-state index in [-0.39, 0.29) is 17.5 Å². The quantitative estimate of drug-likeness (QED) is 0.496. The van der Waals surface area contributed by atoms with Crippen molar-refractivity contribution in [3.8, 4) is 0 Å². The first-order valence-electron chi connectivity index (χ1n) is 6.05. The number of aryl methyl sites for hydroxylation is 1. The van der Waals surface area contributed by atoms with Crippen molar-refractivity contribution in [1.29, 1.82) is 0 Å². The van der Waals surface area contributed by atoms with Crippen LogP contribution in [0.5, 0.6) is 0 Å². The van der Waals surface area contributed by atoms with Crippen LogP contribution in [0.1, 0.15) is 29.3 Å². The Bertz CT molecular complexity index is 477. The second-order valence-electron chi connectivity index (χ2n) is 4.55. The first-order valence-corrected chi connectivity index (χ1v) is 6.58. The van der Waals surface area contributed by atoms with E-state index in [1.165, 1.54) is 12.1 Å². The van der Waals surface area contributed by atoms with Gasteiger partial charge in [0.2, 0.25) is 0 Å². The monoisotopic (exact) mass is 284 g/mol. The number of amides is 1. The van der Waals surface area contributed by atoms with Gasteiger partial charge in [0.15, 0.2) is 0 Å². The van der Waals surface area contributed by atoms with E-state index in [0.717, 1.165) is 6.42 Å². The largest absolute Gasteiger partial charge is 0.352 e. The van der Waals surface area contributed by atoms with E-state index in [9.17, 15) is 14.9 Å². The van der Waals surface area contributed by atoms with Crippen molar-refractivity contribution < 1.29 is 9.72 Å². The number of nitrogens with one attached hydrogen (secondary N) is 1. The fraction of sp³-hybridized carbons (Fsp3) is 0.462. The minimum Gasteiger partial charge on any atom is -0.352 e. The fourth-order valence-corrected chi connectivity index (χ4v) is 1.99. The number of nitro groups is 1. The molecule has 0 aliphatic heterocycles. The number of carbonyl (C=O) groups is 1. The minimum absolute atomic E-state index is 0.0791. The number of hydrogen-bond donors (Lipinski definition) is 1. The molecular weight excluding hydrogens is 268 g/mol. The number of nitrogens with zero attached hydrogens (tertiary/aromatic N) is 1. The molecule has 0 bridgehead atoms. The first kappa shape index (κ1) is 15.4. The van der Waals surface area contributed by atoms with Crippen molar-refractivity contribution in [2.45, 2.75) is 20.3 Å². The number of halogens is 1. The second kappa shape index (κ2) is 7.09. The number of alkyl halides is 1. The molecule has 0 heterocycles. The summed E-state index contributed by atoms with van der Waals surface area (Å²) in [6.07, 6.45) is 0.815. The van der Waals surface area contributed by atoms with Gasteiger partial charge < -0.3 is 5.32 Å². The van der Waals surface area contributed by atoms with Crippen LogP contribution in [0.4, 0.5) is 5.69 Å². The predicted octanol–water partition coefficient (Wildman–Crippen LogP) is 2.90. The van der Waals surface area contributed by atoms with Gasteiger partial charge in [-0.1, -0.05) is 13.0 Å². The van der Waals surface area contributed by atoms with Gasteiger partial charge in [-0.15, -0.1) is 11.6 Å². The van der Waals surface area contributed by atoms with E-state index >= 15 is 0 Å². The molecule has 1 N–H and O–H groups in total. The van der Waals surface area contributed by atoms with E-state index in [0.29, 0.717) is 23.6 Å². The Hall–Kier alpha value is -1.62. The number of non-ortho nitro benzene ring substituents is 1. The third-order valence-electron chi connectivity index (χ3n) is 2.89. The van der Waals surface area contributed by atoms with Crippen molar-refractivity contribution >= 4 is 23.2 Å². The third kappa shape index (κ3) is 4.52. The SMILES string of the molecule is Cc1ccc([N+](=O)[O-])cc1C(=O)NCC(C)CCCl. The van der Waals surface area contributed by atoms with Crippen molar-refractivity contribution in [3.05, 3.63) is 39.4 Å². The predicted molar refractivity (Wildman–Crippen MR) is 74.7 cm³/mol. The molecule has 1 unspecified atom stereocenters. The van der Waals surface area contributed by atoms with Crippen LogP contribution in [0.2, 0.25) is 0 Å². The lowest BCUT2D eigenvalue weighted by Crippen LogP contribution is -2.29. The Morgan fingerprint density at radius 3 is 2.79 bits per heavy atom. The van der Waals surface area contributed by atoms with Crippen molar-refractivity contribution in [2.75, 3.05) is 12.4 Å². The Morgan fingerprint density at radius 1 is 1.53 bits per heavy atom. The summed E-state index contributed by atoms with van der Waals surface area (Å²) in [5, 5.41) is 13.5. The molecule has 0 saturated heterocycles. The molecule has 19 heavy (non-hydrogen) atoms. The van der Waals surface area contributed by atoms with Gasteiger partial charge in [-0.3, -0.25) is 14.9 Å². The number of nitro benzene ring substituents is 1. The molecule has 1 atom stereocenters. The standard InChI is InChI=1S/C13H17ClN2O3/c1-9(5-6-14)8-15-13(17)12-7-11(16(18)19)4-3-10(12)2/h3-4,7,9H,5-6,8H2,1-2H3,(H,15,17). The molecule has 1 rings (SSSR count). The van der Waals surface area contributed by atoms with Crippen LogP contribution in [-0.4, -0.2) is 23.3 Å². The zero-order valence-corrected chi connectivity index (χ0v) is 11.7. The molecule has 1 amide bonds. The Morgan fingerprint density at radius 2 is 2.21 bits per heavy atom. The zero-order valence-electron chi connectivity index (χ0n) is 11.0. The van der Waals surface area contributed by atoms with Gasteiger partial charge in [0, 0.05) is 30.1 Å². The molecule has 0 spiro atoms. The summed E-state index contributed by atoms with van der Waals surface area (Å²) in [6, 6.07) is 4.27. The van der Waals surface area contributed by atoms with Crippen LogP contribution >= 0.6 is 11.6 Å². The molecule has 0 radical (unpaired) electrons. The van der Waals surface area contributed by atoms with Crippen LogP contribution in [0.3, 0.4) is 0 Å². The van der Waals surface area contributed by atoms with Crippen molar-refractivity contribution in [3.63, 3.8) is 0 Å². The maximum Gasteiger partial charge on any atom is 0.270 e. The van der Waals surface area contributed by atoms with Crippen LogP contribution in [-0.2, 0) is 0 Å². The average Bonchev–Trinajstić information content (AvgIpc) is 2.36. The third-order valence-corrected chi connectivity index (χ3v) is 3.11. The number of rotatable bonds is 6. The summed E-state index contributed by atoms with van der Waals surface area (Å²) in [5.74, 6) is 0.537. The molecule has 0 saturated carbocycles. The number of benzene rings is 1. The highest BCUT2D eigenvalue weighted by Gasteiger charge is 2.15. The molecule has 0 aliphatic rings. The molecule has 0 fully saturated rings. The number of carbonyl (C=O) groups excluding carboxylic acids is 1. The molecule has 1 aromatic carbocycles. The highest BCUT2D eigenvalue weighted by molar-refractivity contribution is 6.17. The smallest absolute Gasteiger partial charge is 0.270 e. The summed E-state index contributed by atoms with van der Waals surface area (Å²) < 4.78 is 0. The van der Waals surface area contributed by atoms with E-state index in [1.807, 2.05) is 6.92 Å².